The van der Waals surface area contributed by atoms with E-state index < -0.39 is 0 Å². The van der Waals surface area contributed by atoms with E-state index in [0.717, 1.165) is 17.7 Å². The van der Waals surface area contributed by atoms with Crippen molar-refractivity contribution in [3.63, 3.8) is 0 Å². The van der Waals surface area contributed by atoms with Gasteiger partial charge < -0.3 is 9.84 Å². The molecule has 0 amide bonds. The van der Waals surface area contributed by atoms with Gasteiger partial charge in [-0.15, -0.1) is 0 Å². The average molecular weight is 252 g/mol. The summed E-state index contributed by atoms with van der Waals surface area (Å²) in [5, 5.41) is 10.3. The van der Waals surface area contributed by atoms with Crippen LogP contribution < -0.4 is 0 Å². The highest BCUT2D eigenvalue weighted by Gasteiger charge is 2.30. The predicted octanol–water partition coefficient (Wildman–Crippen LogP) is 3.30. The second kappa shape index (κ2) is 6.43. The molecule has 0 saturated heterocycles. The number of rotatable bonds is 5. The number of aliphatic hydroxyl groups is 1. The molecule has 0 bridgehead atoms. The Kier molecular flexibility index (Phi) is 4.89. The van der Waals surface area contributed by atoms with Crippen molar-refractivity contribution in [2.75, 3.05) is 7.11 Å². The Morgan fingerprint density at radius 1 is 1.24 bits per heavy atom. The van der Waals surface area contributed by atoms with Gasteiger partial charge in [-0.3, -0.25) is 0 Å². The van der Waals surface area contributed by atoms with Crippen molar-refractivity contribution in [1.29, 1.82) is 0 Å². The van der Waals surface area contributed by atoms with Crippen LogP contribution in [0.25, 0.3) is 0 Å². The fourth-order valence-electron chi connectivity index (χ4n) is 2.41. The zero-order valence-electron chi connectivity index (χ0n) is 10.2. The van der Waals surface area contributed by atoms with Crippen LogP contribution in [0, 0.1) is 5.92 Å². The number of thioether (sulfide) groups is 1. The highest BCUT2D eigenvalue weighted by molar-refractivity contribution is 7.99. The minimum atomic E-state index is -0.354. The second-order valence-corrected chi connectivity index (χ2v) is 5.74. The minimum absolute atomic E-state index is 0.152. The number of aliphatic hydroxyl groups excluding tert-OH is 1. The normalized spacial score (nSPS) is 20.4. The number of hydrogen-bond acceptors (Lipinski definition) is 3. The molecule has 1 N–H and O–H groups in total. The predicted molar refractivity (Wildman–Crippen MR) is 71.1 cm³/mol. The van der Waals surface area contributed by atoms with E-state index in [1.807, 2.05) is 18.2 Å². The molecule has 17 heavy (non-hydrogen) atoms. The summed E-state index contributed by atoms with van der Waals surface area (Å²) in [6.07, 6.45) is 4.41. The zero-order chi connectivity index (χ0) is 12.1. The Hall–Kier alpha value is -0.510. The molecule has 94 valence electrons. The lowest BCUT2D eigenvalue weighted by Gasteiger charge is -2.25. The van der Waals surface area contributed by atoms with Crippen molar-refractivity contribution in [2.45, 2.75) is 42.1 Å². The Bertz CT molecular complexity index is 322. The number of methoxy groups -OCH3 is 1. The summed E-state index contributed by atoms with van der Waals surface area (Å²) in [6.45, 7) is 0. The summed E-state index contributed by atoms with van der Waals surface area (Å²) < 4.78 is 5.44. The van der Waals surface area contributed by atoms with Crippen molar-refractivity contribution >= 4 is 11.8 Å². The van der Waals surface area contributed by atoms with Gasteiger partial charge in [0.25, 0.3) is 0 Å². The van der Waals surface area contributed by atoms with E-state index in [1.54, 1.807) is 18.9 Å². The van der Waals surface area contributed by atoms with Crippen LogP contribution in [0.1, 0.15) is 25.7 Å². The molecule has 2 nitrogen and oxygen atoms in total. The van der Waals surface area contributed by atoms with Gasteiger partial charge in [0, 0.05) is 12.0 Å². The molecule has 3 heteroatoms. The molecule has 0 aliphatic heterocycles. The van der Waals surface area contributed by atoms with Crippen molar-refractivity contribution in [1.82, 2.24) is 0 Å². The maximum atomic E-state index is 10.3. The van der Waals surface area contributed by atoms with Gasteiger partial charge in [-0.05, 0) is 30.9 Å². The van der Waals surface area contributed by atoms with E-state index in [4.69, 9.17) is 4.74 Å². The molecule has 0 spiro atoms. The van der Waals surface area contributed by atoms with Gasteiger partial charge in [-0.2, -0.15) is 0 Å². The van der Waals surface area contributed by atoms with Gasteiger partial charge in [-0.1, -0.05) is 42.8 Å². The van der Waals surface area contributed by atoms with E-state index in [2.05, 4.69) is 12.1 Å². The molecule has 2 rings (SSSR count). The Morgan fingerprint density at radius 3 is 2.47 bits per heavy atom. The molecule has 1 aromatic rings. The molecule has 1 aliphatic rings. The lowest BCUT2D eigenvalue weighted by Crippen LogP contribution is -2.31. The van der Waals surface area contributed by atoms with Crippen molar-refractivity contribution < 1.29 is 9.84 Å². The highest BCUT2D eigenvalue weighted by Crippen LogP contribution is 2.35. The van der Waals surface area contributed by atoms with Crippen molar-refractivity contribution in [3.05, 3.63) is 30.3 Å². The Balaban J connectivity index is 1.96. The van der Waals surface area contributed by atoms with Crippen LogP contribution in [0.2, 0.25) is 0 Å². The summed E-state index contributed by atoms with van der Waals surface area (Å²) in [7, 11) is 1.68. The van der Waals surface area contributed by atoms with Crippen LogP contribution in [0.3, 0.4) is 0 Å². The third-order valence-corrected chi connectivity index (χ3v) is 4.64. The summed E-state index contributed by atoms with van der Waals surface area (Å²) in [6, 6.07) is 10.1. The molecule has 0 aromatic heterocycles. The Labute approximate surface area is 107 Å². The van der Waals surface area contributed by atoms with Gasteiger partial charge in [0.05, 0.1) is 6.10 Å². The maximum Gasteiger partial charge on any atom is 0.133 e. The topological polar surface area (TPSA) is 29.5 Å². The van der Waals surface area contributed by atoms with E-state index in [-0.39, 0.29) is 11.5 Å². The van der Waals surface area contributed by atoms with Crippen molar-refractivity contribution in [3.8, 4) is 0 Å². The second-order valence-electron chi connectivity index (χ2n) is 4.57. The molecule has 0 heterocycles. The number of hydrogen-bond donors (Lipinski definition) is 1. The fraction of sp³-hybridized carbons (Fsp3) is 0.571. The lowest BCUT2D eigenvalue weighted by atomic mass is 10.0. The molecule has 1 saturated carbocycles. The SMILES string of the molecule is COC(Sc1ccccc1)C(O)C1CCCC1. The van der Waals surface area contributed by atoms with E-state index >= 15 is 0 Å². The van der Waals surface area contributed by atoms with Crippen LogP contribution in [-0.4, -0.2) is 23.8 Å². The Morgan fingerprint density at radius 2 is 1.88 bits per heavy atom. The van der Waals surface area contributed by atoms with Gasteiger partial charge >= 0.3 is 0 Å². The van der Waals surface area contributed by atoms with E-state index in [0.29, 0.717) is 5.92 Å². The molecule has 1 aromatic carbocycles. The minimum Gasteiger partial charge on any atom is -0.389 e. The molecular weight excluding hydrogens is 232 g/mol. The van der Waals surface area contributed by atoms with Crippen LogP contribution in [0.5, 0.6) is 0 Å². The quantitative estimate of drug-likeness (QED) is 0.644. The van der Waals surface area contributed by atoms with Crippen LogP contribution in [0.15, 0.2) is 35.2 Å². The first-order valence-electron chi connectivity index (χ1n) is 6.24. The van der Waals surface area contributed by atoms with E-state index in [1.165, 1.54) is 12.8 Å². The fourth-order valence-corrected chi connectivity index (χ4v) is 3.45. The molecular formula is C14H20O2S. The number of benzene rings is 1. The third-order valence-electron chi connectivity index (χ3n) is 3.39. The van der Waals surface area contributed by atoms with Gasteiger partial charge in [0.15, 0.2) is 0 Å². The number of ether oxygens (including phenoxy) is 1. The molecule has 0 radical (unpaired) electrons. The lowest BCUT2D eigenvalue weighted by molar-refractivity contribution is 0.00723. The standard InChI is InChI=1S/C14H20O2S/c1-16-14(13(15)11-7-5-6-8-11)17-12-9-3-2-4-10-12/h2-4,9-11,13-15H,5-8H2,1H3. The summed E-state index contributed by atoms with van der Waals surface area (Å²) in [4.78, 5) is 1.15. The summed E-state index contributed by atoms with van der Waals surface area (Å²) in [5.41, 5.74) is -0.152. The monoisotopic (exact) mass is 252 g/mol. The zero-order valence-corrected chi connectivity index (χ0v) is 11.0. The van der Waals surface area contributed by atoms with Crippen LogP contribution in [0.4, 0.5) is 0 Å². The summed E-state index contributed by atoms with van der Waals surface area (Å²) in [5.74, 6) is 0.413. The van der Waals surface area contributed by atoms with Gasteiger partial charge in [0.2, 0.25) is 0 Å². The van der Waals surface area contributed by atoms with Crippen molar-refractivity contribution in [2.24, 2.45) is 5.92 Å². The first kappa shape index (κ1) is 12.9. The third kappa shape index (κ3) is 3.47. The molecule has 1 fully saturated rings. The highest BCUT2D eigenvalue weighted by atomic mass is 32.2. The van der Waals surface area contributed by atoms with E-state index in [9.17, 15) is 5.11 Å². The first-order chi connectivity index (χ1) is 8.31. The van der Waals surface area contributed by atoms with Gasteiger partial charge in [0.1, 0.15) is 5.44 Å². The molecule has 1 aliphatic carbocycles. The first-order valence-corrected chi connectivity index (χ1v) is 7.12. The largest absolute Gasteiger partial charge is 0.389 e. The average Bonchev–Trinajstić information content (AvgIpc) is 2.90. The van der Waals surface area contributed by atoms with Gasteiger partial charge in [-0.25, -0.2) is 0 Å². The van der Waals surface area contributed by atoms with Crippen LogP contribution >= 0.6 is 11.8 Å². The smallest absolute Gasteiger partial charge is 0.133 e. The molecule has 2 unspecified atom stereocenters. The van der Waals surface area contributed by atoms with Crippen LogP contribution in [-0.2, 0) is 4.74 Å². The molecule has 2 atom stereocenters. The maximum absolute atomic E-state index is 10.3. The summed E-state index contributed by atoms with van der Waals surface area (Å²) >= 11 is 1.61.